The van der Waals surface area contributed by atoms with Gasteiger partial charge in [0.2, 0.25) is 11.0 Å². The van der Waals surface area contributed by atoms with Crippen molar-refractivity contribution < 1.29 is 4.79 Å². The molecule has 0 saturated carbocycles. The van der Waals surface area contributed by atoms with Crippen molar-refractivity contribution in [2.24, 2.45) is 0 Å². The number of piperazine rings is 1. The Morgan fingerprint density at radius 2 is 2.38 bits per heavy atom. The molecule has 0 radical (unpaired) electrons. The zero-order chi connectivity index (χ0) is 11.4. The van der Waals surface area contributed by atoms with Crippen LogP contribution in [0.1, 0.15) is 0 Å². The molecule has 2 heterocycles. The third-order valence-electron chi connectivity index (χ3n) is 2.52. The molecule has 0 spiro atoms. The second-order valence-corrected chi connectivity index (χ2v) is 4.47. The Morgan fingerprint density at radius 3 is 3.00 bits per heavy atom. The summed E-state index contributed by atoms with van der Waals surface area (Å²) in [5.41, 5.74) is 0. The highest BCUT2D eigenvalue weighted by Gasteiger charge is 2.18. The van der Waals surface area contributed by atoms with E-state index in [4.69, 9.17) is 0 Å². The lowest BCUT2D eigenvalue weighted by Gasteiger charge is -2.29. The number of carbonyl (C=O) groups is 1. The molecule has 16 heavy (non-hydrogen) atoms. The third-order valence-corrected chi connectivity index (χ3v) is 3.30. The van der Waals surface area contributed by atoms with Crippen molar-refractivity contribution in [3.05, 3.63) is 6.33 Å². The smallest absolute Gasteiger partial charge is 0.242 e. The summed E-state index contributed by atoms with van der Waals surface area (Å²) in [4.78, 5) is 19.7. The summed E-state index contributed by atoms with van der Waals surface area (Å²) in [5.74, 6) is 0.152. The number of aromatic nitrogens is 2. The van der Waals surface area contributed by atoms with Crippen LogP contribution in [-0.2, 0) is 4.79 Å². The van der Waals surface area contributed by atoms with Gasteiger partial charge in [0.05, 0.1) is 6.54 Å². The van der Waals surface area contributed by atoms with Crippen LogP contribution in [0.5, 0.6) is 0 Å². The second kappa shape index (κ2) is 5.22. The number of nitrogens with zero attached hydrogens (tertiary/aromatic N) is 4. The molecule has 0 unspecified atom stereocenters. The Hall–Kier alpha value is -1.21. The molecule has 1 N–H and O–H groups in total. The van der Waals surface area contributed by atoms with Crippen LogP contribution in [0.3, 0.4) is 0 Å². The molecule has 1 amide bonds. The first-order valence-corrected chi connectivity index (χ1v) is 6.01. The average molecular weight is 241 g/mol. The molecule has 1 aliphatic heterocycles. The highest BCUT2D eigenvalue weighted by Crippen LogP contribution is 2.12. The monoisotopic (exact) mass is 241 g/mol. The first-order valence-electron chi connectivity index (χ1n) is 5.23. The number of hydrogen-bond donors (Lipinski definition) is 1. The lowest BCUT2D eigenvalue weighted by Crippen LogP contribution is -2.49. The van der Waals surface area contributed by atoms with E-state index in [2.05, 4.69) is 14.7 Å². The minimum atomic E-state index is 0.152. The lowest BCUT2D eigenvalue weighted by atomic mass is 10.3. The standard InChI is InChI=1S/C9H15N5OS/c1-13(9-11-7-12-16-9)6-8(15)14-4-2-10-3-5-14/h7,10H,2-6H2,1H3. The van der Waals surface area contributed by atoms with Gasteiger partial charge >= 0.3 is 0 Å². The van der Waals surface area contributed by atoms with E-state index in [9.17, 15) is 4.79 Å². The van der Waals surface area contributed by atoms with E-state index in [1.807, 2.05) is 16.8 Å². The number of rotatable bonds is 3. The average Bonchev–Trinajstić information content (AvgIpc) is 2.83. The maximum Gasteiger partial charge on any atom is 0.242 e. The van der Waals surface area contributed by atoms with E-state index < -0.39 is 0 Å². The fourth-order valence-corrected chi connectivity index (χ4v) is 2.11. The van der Waals surface area contributed by atoms with Crippen molar-refractivity contribution in [1.82, 2.24) is 19.6 Å². The number of likely N-dealkylation sites (N-methyl/N-ethyl adjacent to an activating group) is 1. The molecule has 0 aromatic carbocycles. The molecule has 0 aliphatic carbocycles. The van der Waals surface area contributed by atoms with Gasteiger partial charge in [-0.05, 0) is 0 Å². The molecule has 7 heteroatoms. The van der Waals surface area contributed by atoms with Crippen molar-refractivity contribution >= 4 is 22.6 Å². The first-order chi connectivity index (χ1) is 7.77. The maximum absolute atomic E-state index is 11.9. The first kappa shape index (κ1) is 11.3. The Kier molecular flexibility index (Phi) is 3.68. The molecule has 88 valence electrons. The van der Waals surface area contributed by atoms with E-state index in [0.29, 0.717) is 6.54 Å². The van der Waals surface area contributed by atoms with Crippen LogP contribution in [0.2, 0.25) is 0 Å². The largest absolute Gasteiger partial charge is 0.341 e. The summed E-state index contributed by atoms with van der Waals surface area (Å²) in [6, 6.07) is 0. The fourth-order valence-electron chi connectivity index (χ4n) is 1.62. The van der Waals surface area contributed by atoms with Crippen LogP contribution in [0.25, 0.3) is 0 Å². The molecular formula is C9H15N5OS. The summed E-state index contributed by atoms with van der Waals surface area (Å²) in [5, 5.41) is 4.00. The highest BCUT2D eigenvalue weighted by molar-refractivity contribution is 7.09. The molecular weight excluding hydrogens is 226 g/mol. The number of carbonyl (C=O) groups excluding carboxylic acids is 1. The quantitative estimate of drug-likeness (QED) is 0.766. The SMILES string of the molecule is CN(CC(=O)N1CCNCC1)c1ncns1. The molecule has 1 aromatic rings. The van der Waals surface area contributed by atoms with E-state index in [0.717, 1.165) is 31.3 Å². The van der Waals surface area contributed by atoms with Gasteiger partial charge < -0.3 is 15.1 Å². The predicted molar refractivity (Wildman–Crippen MR) is 62.6 cm³/mol. The van der Waals surface area contributed by atoms with Crippen LogP contribution in [0.15, 0.2) is 6.33 Å². The van der Waals surface area contributed by atoms with Crippen molar-refractivity contribution in [2.75, 3.05) is 44.7 Å². The Bertz CT molecular complexity index is 336. The van der Waals surface area contributed by atoms with Crippen LogP contribution >= 0.6 is 11.5 Å². The van der Waals surface area contributed by atoms with Gasteiger partial charge in [0, 0.05) is 44.8 Å². The van der Waals surface area contributed by atoms with Gasteiger partial charge in [-0.3, -0.25) is 4.79 Å². The molecule has 1 aromatic heterocycles. The van der Waals surface area contributed by atoms with Crippen molar-refractivity contribution in [2.45, 2.75) is 0 Å². The summed E-state index contributed by atoms with van der Waals surface area (Å²) in [6.07, 6.45) is 1.51. The molecule has 6 nitrogen and oxygen atoms in total. The van der Waals surface area contributed by atoms with E-state index in [1.165, 1.54) is 17.9 Å². The van der Waals surface area contributed by atoms with E-state index in [-0.39, 0.29) is 5.91 Å². The topological polar surface area (TPSA) is 61.4 Å². The van der Waals surface area contributed by atoms with Crippen LogP contribution < -0.4 is 10.2 Å². The lowest BCUT2D eigenvalue weighted by molar-refractivity contribution is -0.130. The fraction of sp³-hybridized carbons (Fsp3) is 0.667. The van der Waals surface area contributed by atoms with Gasteiger partial charge in [0.25, 0.3) is 0 Å². The summed E-state index contributed by atoms with van der Waals surface area (Å²) < 4.78 is 3.92. The van der Waals surface area contributed by atoms with Crippen LogP contribution in [0.4, 0.5) is 5.13 Å². The van der Waals surface area contributed by atoms with E-state index in [1.54, 1.807) is 0 Å². The summed E-state index contributed by atoms with van der Waals surface area (Å²) >= 11 is 1.30. The number of hydrogen-bond acceptors (Lipinski definition) is 6. The van der Waals surface area contributed by atoms with Gasteiger partial charge in [-0.15, -0.1) is 0 Å². The van der Waals surface area contributed by atoms with Gasteiger partial charge in [-0.1, -0.05) is 0 Å². The second-order valence-electron chi connectivity index (χ2n) is 3.71. The van der Waals surface area contributed by atoms with Crippen molar-refractivity contribution in [3.8, 4) is 0 Å². The molecule has 0 atom stereocenters. The molecule has 1 aliphatic rings. The summed E-state index contributed by atoms with van der Waals surface area (Å²) in [7, 11) is 1.86. The zero-order valence-corrected chi connectivity index (χ0v) is 10.0. The number of amides is 1. The Balaban J connectivity index is 1.86. The maximum atomic E-state index is 11.9. The zero-order valence-electron chi connectivity index (χ0n) is 9.22. The van der Waals surface area contributed by atoms with Gasteiger partial charge in [-0.25, -0.2) is 4.98 Å². The van der Waals surface area contributed by atoms with Gasteiger partial charge in [0.1, 0.15) is 6.33 Å². The normalized spacial score (nSPS) is 16.2. The number of anilines is 1. The highest BCUT2D eigenvalue weighted by atomic mass is 32.1. The van der Waals surface area contributed by atoms with Crippen LogP contribution in [0, 0.1) is 0 Å². The van der Waals surface area contributed by atoms with E-state index >= 15 is 0 Å². The van der Waals surface area contributed by atoms with Gasteiger partial charge in [0.15, 0.2) is 0 Å². The Morgan fingerprint density at radius 1 is 1.62 bits per heavy atom. The molecule has 2 rings (SSSR count). The van der Waals surface area contributed by atoms with Gasteiger partial charge in [-0.2, -0.15) is 4.37 Å². The minimum absolute atomic E-state index is 0.152. The molecule has 0 bridgehead atoms. The predicted octanol–water partition coefficient (Wildman–Crippen LogP) is -0.594. The van der Waals surface area contributed by atoms with Crippen LogP contribution in [-0.4, -0.2) is 59.9 Å². The third kappa shape index (κ3) is 2.67. The van der Waals surface area contributed by atoms with Crippen molar-refractivity contribution in [1.29, 1.82) is 0 Å². The Labute approximate surface area is 98.4 Å². The summed E-state index contributed by atoms with van der Waals surface area (Å²) in [6.45, 7) is 3.73. The van der Waals surface area contributed by atoms with Crippen molar-refractivity contribution in [3.63, 3.8) is 0 Å². The molecule has 1 fully saturated rings. The molecule has 1 saturated heterocycles. The minimum Gasteiger partial charge on any atom is -0.341 e. The number of nitrogens with one attached hydrogen (secondary N) is 1.